The van der Waals surface area contributed by atoms with Crippen molar-refractivity contribution in [2.45, 2.75) is 58.2 Å². The number of pyridine rings is 1. The lowest BCUT2D eigenvalue weighted by Gasteiger charge is -2.40. The monoisotopic (exact) mass is 546 g/mol. The third-order valence-corrected chi connectivity index (χ3v) is 7.51. The number of amides is 2. The van der Waals surface area contributed by atoms with Gasteiger partial charge in [-0.15, -0.1) is 0 Å². The fourth-order valence-electron chi connectivity index (χ4n) is 5.31. The Morgan fingerprint density at radius 2 is 1.97 bits per heavy atom. The molecule has 0 saturated carbocycles. The summed E-state index contributed by atoms with van der Waals surface area (Å²) in [7, 11) is 0. The van der Waals surface area contributed by atoms with Crippen LogP contribution >= 0.6 is 11.6 Å². The Balaban J connectivity index is 1.58. The summed E-state index contributed by atoms with van der Waals surface area (Å²) in [4.78, 5) is 36.8. The van der Waals surface area contributed by atoms with E-state index >= 15 is 0 Å². The van der Waals surface area contributed by atoms with Gasteiger partial charge in [0, 0.05) is 32.2 Å². The molecule has 1 aromatic heterocycles. The van der Waals surface area contributed by atoms with Gasteiger partial charge >= 0.3 is 6.09 Å². The van der Waals surface area contributed by atoms with Crippen molar-refractivity contribution in [1.82, 2.24) is 14.8 Å². The number of anilines is 1. The first kappa shape index (κ1) is 26.3. The summed E-state index contributed by atoms with van der Waals surface area (Å²) in [6.45, 7) is 9.01. The first-order valence-corrected chi connectivity index (χ1v) is 13.2. The van der Waals surface area contributed by atoms with E-state index in [9.17, 15) is 19.1 Å². The van der Waals surface area contributed by atoms with Crippen molar-refractivity contribution in [1.29, 1.82) is 0 Å². The van der Waals surface area contributed by atoms with Crippen molar-refractivity contribution < 1.29 is 28.6 Å². The number of ether oxygens (including phenoxy) is 2. The van der Waals surface area contributed by atoms with Gasteiger partial charge in [0.15, 0.2) is 5.75 Å². The van der Waals surface area contributed by atoms with Crippen molar-refractivity contribution in [3.05, 3.63) is 34.6 Å². The Morgan fingerprint density at radius 1 is 1.21 bits per heavy atom. The molecule has 1 N–H and O–H groups in total. The standard InChI is InChI=1S/C27H32ClFN4O5/c1-15-7-6-10-32(15)24-20-23(21(28)22(30-24)19-17(29)8-5-9-18(19)34)37-14-16-13-31(11-12-33(16)25(20)35)26(36)38-27(2,3)4/h5,8-9,15-16,34H,6-7,10-14H2,1-4H3/t15-,16-/m1/s1. The Morgan fingerprint density at radius 3 is 2.63 bits per heavy atom. The molecule has 2 atom stereocenters. The number of aromatic hydroxyl groups is 1. The van der Waals surface area contributed by atoms with Crippen LogP contribution in [0.2, 0.25) is 5.02 Å². The summed E-state index contributed by atoms with van der Waals surface area (Å²) >= 11 is 6.77. The van der Waals surface area contributed by atoms with Crippen LogP contribution in [0.15, 0.2) is 18.2 Å². The first-order chi connectivity index (χ1) is 18.0. The van der Waals surface area contributed by atoms with Gasteiger partial charge in [0.05, 0.1) is 11.6 Å². The highest BCUT2D eigenvalue weighted by Gasteiger charge is 2.42. The molecule has 9 nitrogen and oxygen atoms in total. The van der Waals surface area contributed by atoms with Crippen molar-refractivity contribution in [2.75, 3.05) is 37.7 Å². The third-order valence-electron chi connectivity index (χ3n) is 7.16. The molecule has 0 bridgehead atoms. The molecule has 0 spiro atoms. The Hall–Kier alpha value is -3.27. The van der Waals surface area contributed by atoms with Gasteiger partial charge in [-0.3, -0.25) is 4.79 Å². The van der Waals surface area contributed by atoms with Gasteiger partial charge in [0.1, 0.15) is 45.9 Å². The molecular weight excluding hydrogens is 515 g/mol. The van der Waals surface area contributed by atoms with E-state index in [2.05, 4.69) is 0 Å². The van der Waals surface area contributed by atoms with Crippen LogP contribution in [0.25, 0.3) is 11.3 Å². The lowest BCUT2D eigenvalue weighted by atomic mass is 10.0. The predicted octanol–water partition coefficient (Wildman–Crippen LogP) is 4.69. The molecule has 11 heteroatoms. The summed E-state index contributed by atoms with van der Waals surface area (Å²) < 4.78 is 26.6. The molecule has 0 aliphatic carbocycles. The smallest absolute Gasteiger partial charge is 0.410 e. The molecule has 3 aliphatic rings. The molecule has 204 valence electrons. The van der Waals surface area contributed by atoms with Crippen molar-refractivity contribution in [3.8, 4) is 22.8 Å². The molecule has 0 radical (unpaired) electrons. The first-order valence-electron chi connectivity index (χ1n) is 12.9. The number of hydrogen-bond donors (Lipinski definition) is 1. The van der Waals surface area contributed by atoms with Crippen LogP contribution in [0.5, 0.6) is 11.5 Å². The third kappa shape index (κ3) is 4.70. The maximum absolute atomic E-state index is 14.9. The van der Waals surface area contributed by atoms with E-state index in [1.165, 1.54) is 18.2 Å². The molecular formula is C27H32ClFN4O5. The van der Waals surface area contributed by atoms with E-state index in [0.29, 0.717) is 18.9 Å². The Labute approximate surface area is 226 Å². The van der Waals surface area contributed by atoms with E-state index in [1.54, 1.807) is 30.6 Å². The molecule has 0 unspecified atom stereocenters. The summed E-state index contributed by atoms with van der Waals surface area (Å²) in [5, 5.41) is 10.5. The molecule has 2 saturated heterocycles. The van der Waals surface area contributed by atoms with Gasteiger partial charge in [-0.05, 0) is 52.7 Å². The number of halogens is 2. The quantitative estimate of drug-likeness (QED) is 0.584. The second-order valence-corrected chi connectivity index (χ2v) is 11.4. The molecule has 38 heavy (non-hydrogen) atoms. The van der Waals surface area contributed by atoms with Crippen molar-refractivity contribution in [2.24, 2.45) is 0 Å². The van der Waals surface area contributed by atoms with Crippen LogP contribution in [-0.4, -0.2) is 82.4 Å². The van der Waals surface area contributed by atoms with Crippen molar-refractivity contribution >= 4 is 29.4 Å². The summed E-state index contributed by atoms with van der Waals surface area (Å²) in [6.07, 6.45) is 1.37. The van der Waals surface area contributed by atoms with E-state index in [-0.39, 0.29) is 65.0 Å². The second kappa shape index (κ2) is 9.80. The number of fused-ring (bicyclic) bond motifs is 2. The van der Waals surface area contributed by atoms with E-state index in [1.807, 2.05) is 11.8 Å². The maximum atomic E-state index is 14.9. The van der Waals surface area contributed by atoms with E-state index < -0.39 is 23.6 Å². The minimum atomic E-state index is -0.690. The molecule has 1 aromatic carbocycles. The second-order valence-electron chi connectivity index (χ2n) is 11.0. The van der Waals surface area contributed by atoms with Crippen LogP contribution in [0.4, 0.5) is 15.0 Å². The summed E-state index contributed by atoms with van der Waals surface area (Å²) in [5.41, 5.74) is -0.563. The number of hydrogen-bond acceptors (Lipinski definition) is 7. The van der Waals surface area contributed by atoms with E-state index in [4.69, 9.17) is 26.1 Å². The highest BCUT2D eigenvalue weighted by Crippen LogP contribution is 2.46. The molecule has 2 fully saturated rings. The van der Waals surface area contributed by atoms with Gasteiger partial charge in [0.25, 0.3) is 5.91 Å². The van der Waals surface area contributed by atoms with Crippen LogP contribution in [0.3, 0.4) is 0 Å². The normalized spacial score (nSPS) is 21.5. The summed E-state index contributed by atoms with van der Waals surface area (Å²) in [6, 6.07) is 3.61. The number of nitrogens with zero attached hydrogens (tertiary/aromatic N) is 4. The average Bonchev–Trinajstić information content (AvgIpc) is 3.21. The van der Waals surface area contributed by atoms with Gasteiger partial charge in [0.2, 0.25) is 0 Å². The number of piperazine rings is 1. The largest absolute Gasteiger partial charge is 0.507 e. The fraction of sp³-hybridized carbons (Fsp3) is 0.519. The fourth-order valence-corrected chi connectivity index (χ4v) is 5.59. The number of phenols is 1. The highest BCUT2D eigenvalue weighted by molar-refractivity contribution is 6.35. The maximum Gasteiger partial charge on any atom is 0.410 e. The van der Waals surface area contributed by atoms with Crippen LogP contribution in [0.1, 0.15) is 50.9 Å². The Bertz CT molecular complexity index is 1260. The van der Waals surface area contributed by atoms with Gasteiger partial charge in [-0.1, -0.05) is 17.7 Å². The Kier molecular flexibility index (Phi) is 6.79. The molecule has 5 rings (SSSR count). The van der Waals surface area contributed by atoms with E-state index in [0.717, 1.165) is 12.8 Å². The number of phenolic OH excluding ortho intramolecular Hbond substituents is 1. The lowest BCUT2D eigenvalue weighted by Crippen LogP contribution is -2.58. The van der Waals surface area contributed by atoms with Gasteiger partial charge < -0.3 is 29.3 Å². The highest BCUT2D eigenvalue weighted by atomic mass is 35.5. The number of carbonyl (C=O) groups is 2. The zero-order valence-corrected chi connectivity index (χ0v) is 22.7. The van der Waals surface area contributed by atoms with Gasteiger partial charge in [-0.2, -0.15) is 0 Å². The zero-order chi connectivity index (χ0) is 27.4. The van der Waals surface area contributed by atoms with Gasteiger partial charge in [-0.25, -0.2) is 14.2 Å². The predicted molar refractivity (Wildman–Crippen MR) is 140 cm³/mol. The number of aromatic nitrogens is 1. The molecule has 2 aromatic rings. The average molecular weight is 547 g/mol. The van der Waals surface area contributed by atoms with Crippen LogP contribution < -0.4 is 9.64 Å². The zero-order valence-electron chi connectivity index (χ0n) is 22.0. The van der Waals surface area contributed by atoms with Crippen LogP contribution in [-0.2, 0) is 4.74 Å². The number of rotatable bonds is 2. The van der Waals surface area contributed by atoms with Crippen LogP contribution in [0, 0.1) is 5.82 Å². The lowest BCUT2D eigenvalue weighted by molar-refractivity contribution is 0.000954. The SMILES string of the molecule is C[C@@H]1CCCN1c1nc(-c2c(O)cccc2F)c(Cl)c2c1C(=O)N1CCN(C(=O)OC(C)(C)C)C[C@@H]1CO2. The minimum absolute atomic E-state index is 0.0122. The molecule has 4 heterocycles. The topological polar surface area (TPSA) is 95.4 Å². The molecule has 3 aliphatic heterocycles. The van der Waals surface area contributed by atoms with Crippen molar-refractivity contribution in [3.63, 3.8) is 0 Å². The number of carbonyl (C=O) groups excluding carboxylic acids is 2. The molecule has 2 amide bonds. The number of benzene rings is 1. The summed E-state index contributed by atoms with van der Waals surface area (Å²) in [5.74, 6) is -0.849. The minimum Gasteiger partial charge on any atom is -0.507 e.